The van der Waals surface area contributed by atoms with Gasteiger partial charge in [-0.2, -0.15) is 5.10 Å². The molecule has 0 radical (unpaired) electrons. The normalized spacial score (nSPS) is 17.6. The molecule has 0 bridgehead atoms. The van der Waals surface area contributed by atoms with Gasteiger partial charge in [0.05, 0.1) is 29.3 Å². The third kappa shape index (κ3) is 5.38. The van der Waals surface area contributed by atoms with Crippen molar-refractivity contribution in [3.8, 4) is 5.69 Å². The second kappa shape index (κ2) is 10.1. The summed E-state index contributed by atoms with van der Waals surface area (Å²) in [6.45, 7) is 0. The van der Waals surface area contributed by atoms with Crippen LogP contribution in [-0.4, -0.2) is 38.2 Å². The van der Waals surface area contributed by atoms with Gasteiger partial charge in [0.25, 0.3) is 0 Å². The summed E-state index contributed by atoms with van der Waals surface area (Å²) in [7, 11) is 0. The van der Waals surface area contributed by atoms with Gasteiger partial charge in [0, 0.05) is 30.3 Å². The number of carboxylic acid groups (broad SMARTS) is 1. The first-order chi connectivity index (χ1) is 15.9. The van der Waals surface area contributed by atoms with Gasteiger partial charge in [-0.1, -0.05) is 36.4 Å². The summed E-state index contributed by atoms with van der Waals surface area (Å²) in [5, 5.41) is 35.7. The number of carbonyl (C=O) groups excluding carboxylic acids is 1. The largest absolute Gasteiger partial charge is 0.550 e. The van der Waals surface area contributed by atoms with E-state index in [-0.39, 0.29) is 18.2 Å². The first kappa shape index (κ1) is 22.9. The third-order valence-electron chi connectivity index (χ3n) is 5.97. The zero-order chi connectivity index (χ0) is 23.4. The highest BCUT2D eigenvalue weighted by Gasteiger charge is 2.28. The Kier molecular flexibility index (Phi) is 7.01. The molecule has 2 aromatic carbocycles. The first-order valence-corrected chi connectivity index (χ1v) is 11.1. The number of benzene rings is 2. The zero-order valence-electron chi connectivity index (χ0n) is 18.1. The molecule has 0 aliphatic heterocycles. The van der Waals surface area contributed by atoms with Crippen LogP contribution >= 0.6 is 0 Å². The van der Waals surface area contributed by atoms with Crippen LogP contribution in [-0.2, 0) is 11.2 Å². The van der Waals surface area contributed by atoms with Crippen molar-refractivity contribution >= 4 is 12.0 Å². The first-order valence-electron chi connectivity index (χ1n) is 11.1. The molecule has 0 saturated carbocycles. The van der Waals surface area contributed by atoms with E-state index in [1.54, 1.807) is 22.9 Å². The molecule has 4 rings (SSSR count). The maximum Gasteiger partial charge on any atom is 0.123 e. The lowest BCUT2D eigenvalue weighted by Gasteiger charge is -2.21. The Balaban J connectivity index is 1.71. The van der Waals surface area contributed by atoms with Gasteiger partial charge in [-0.3, -0.25) is 0 Å². The maximum atomic E-state index is 13.5. The molecule has 6 nitrogen and oxygen atoms in total. The topological polar surface area (TPSA) is 98.4 Å². The lowest BCUT2D eigenvalue weighted by Crippen LogP contribution is -2.29. The van der Waals surface area contributed by atoms with E-state index in [1.807, 2.05) is 18.2 Å². The number of rotatable bonds is 8. The molecule has 172 valence electrons. The van der Waals surface area contributed by atoms with Crippen LogP contribution in [0.2, 0.25) is 0 Å². The van der Waals surface area contributed by atoms with E-state index in [4.69, 9.17) is 5.10 Å². The molecule has 33 heavy (non-hydrogen) atoms. The highest BCUT2D eigenvalue weighted by molar-refractivity contribution is 5.64. The van der Waals surface area contributed by atoms with Crippen LogP contribution in [0.15, 0.2) is 60.7 Å². The summed E-state index contributed by atoms with van der Waals surface area (Å²) in [4.78, 5) is 10.7. The molecule has 2 N–H and O–H groups in total. The predicted octanol–water partition coefficient (Wildman–Crippen LogP) is 2.74. The van der Waals surface area contributed by atoms with Crippen LogP contribution in [0.4, 0.5) is 4.39 Å². The number of hydrogen-bond donors (Lipinski definition) is 2. The van der Waals surface area contributed by atoms with E-state index < -0.39 is 24.6 Å². The second-order valence-corrected chi connectivity index (χ2v) is 8.38. The molecule has 1 aromatic heterocycles. The van der Waals surface area contributed by atoms with Gasteiger partial charge in [-0.25, -0.2) is 9.07 Å². The number of aliphatic carboxylic acids is 1. The van der Waals surface area contributed by atoms with Crippen LogP contribution in [0.5, 0.6) is 0 Å². The second-order valence-electron chi connectivity index (χ2n) is 8.38. The Labute approximate surface area is 191 Å². The number of aliphatic hydroxyl groups excluding tert-OH is 2. The lowest BCUT2D eigenvalue weighted by molar-refractivity contribution is -0.307. The summed E-state index contributed by atoms with van der Waals surface area (Å²) in [5.74, 6) is -1.57. The summed E-state index contributed by atoms with van der Waals surface area (Å²) < 4.78 is 15.3. The van der Waals surface area contributed by atoms with Crippen molar-refractivity contribution in [2.75, 3.05) is 0 Å². The molecule has 3 atom stereocenters. The fraction of sp³-hybridized carbons (Fsp3) is 0.308. The lowest BCUT2D eigenvalue weighted by atomic mass is 9.82. The van der Waals surface area contributed by atoms with Crippen molar-refractivity contribution < 1.29 is 24.5 Å². The minimum Gasteiger partial charge on any atom is -0.550 e. The van der Waals surface area contributed by atoms with Gasteiger partial charge in [-0.15, -0.1) is 0 Å². The minimum atomic E-state index is -1.37. The molecular weight excluding hydrogens is 423 g/mol. The number of aromatic nitrogens is 2. The Morgan fingerprint density at radius 1 is 1.18 bits per heavy atom. The summed E-state index contributed by atoms with van der Waals surface area (Å²) in [5.41, 5.74) is 4.69. The highest BCUT2D eigenvalue weighted by atomic mass is 19.1. The zero-order valence-corrected chi connectivity index (χ0v) is 18.1. The van der Waals surface area contributed by atoms with Crippen LogP contribution in [0.1, 0.15) is 54.1 Å². The van der Waals surface area contributed by atoms with Crippen molar-refractivity contribution in [2.45, 2.75) is 50.2 Å². The molecule has 1 aliphatic rings. The molecular formula is C26H26FN2O4-. The fourth-order valence-corrected chi connectivity index (χ4v) is 4.43. The third-order valence-corrected chi connectivity index (χ3v) is 5.97. The van der Waals surface area contributed by atoms with Crippen molar-refractivity contribution in [1.29, 1.82) is 0 Å². The molecule has 1 heterocycles. The van der Waals surface area contributed by atoms with Gasteiger partial charge in [-0.05, 0) is 55.2 Å². The number of carbonyl (C=O) groups is 1. The molecule has 7 heteroatoms. The number of nitrogens with zero attached hydrogens (tertiary/aromatic N) is 2. The van der Waals surface area contributed by atoms with Crippen molar-refractivity contribution in [2.24, 2.45) is 0 Å². The SMILES string of the molecule is O=C([O-])C[C@H](O)C[C@H](O)/C=C/c1c2c(nn1-c1ccc(F)cc1)C(c1ccccc1)CCC2. The van der Waals surface area contributed by atoms with Crippen LogP contribution in [0.3, 0.4) is 0 Å². The Morgan fingerprint density at radius 3 is 2.61 bits per heavy atom. The summed E-state index contributed by atoms with van der Waals surface area (Å²) in [6.07, 6.45) is 3.15. The number of aliphatic hydroxyl groups is 2. The number of hydrogen-bond acceptors (Lipinski definition) is 5. The van der Waals surface area contributed by atoms with E-state index >= 15 is 0 Å². The molecule has 1 aliphatic carbocycles. The average molecular weight is 450 g/mol. The monoisotopic (exact) mass is 449 g/mol. The van der Waals surface area contributed by atoms with Crippen molar-refractivity contribution in [3.63, 3.8) is 0 Å². The molecule has 1 unspecified atom stereocenters. The smallest absolute Gasteiger partial charge is 0.123 e. The Bertz CT molecular complexity index is 1130. The standard InChI is InChI=1S/C26H27FN2O4/c27-18-9-11-19(12-10-18)29-24(14-13-20(30)15-21(31)16-25(32)33)23-8-4-7-22(26(23)28-29)17-5-2-1-3-6-17/h1-3,5-6,9-14,20-22,30-31H,4,7-8,15-16H2,(H,32,33)/p-1/b14-13+/t20-,21-,22?/m1/s1. The summed E-state index contributed by atoms with van der Waals surface area (Å²) in [6, 6.07) is 16.3. The van der Waals surface area contributed by atoms with Crippen molar-refractivity contribution in [3.05, 3.63) is 89.0 Å². The highest BCUT2D eigenvalue weighted by Crippen LogP contribution is 2.38. The van der Waals surface area contributed by atoms with Crippen LogP contribution in [0, 0.1) is 5.82 Å². The van der Waals surface area contributed by atoms with E-state index in [0.29, 0.717) is 5.69 Å². The van der Waals surface area contributed by atoms with Gasteiger partial charge in [0.1, 0.15) is 5.82 Å². The molecule has 0 amide bonds. The van der Waals surface area contributed by atoms with E-state index in [9.17, 15) is 24.5 Å². The van der Waals surface area contributed by atoms with Crippen LogP contribution in [0.25, 0.3) is 11.8 Å². The molecule has 0 fully saturated rings. The van der Waals surface area contributed by atoms with E-state index in [0.717, 1.165) is 36.2 Å². The van der Waals surface area contributed by atoms with Gasteiger partial charge in [0.2, 0.25) is 0 Å². The fourth-order valence-electron chi connectivity index (χ4n) is 4.43. The van der Waals surface area contributed by atoms with Gasteiger partial charge >= 0.3 is 0 Å². The van der Waals surface area contributed by atoms with E-state index in [1.165, 1.54) is 23.8 Å². The van der Waals surface area contributed by atoms with Crippen LogP contribution < -0.4 is 5.11 Å². The maximum absolute atomic E-state index is 13.5. The molecule has 0 spiro atoms. The number of fused-ring (bicyclic) bond motifs is 1. The number of carboxylic acids is 1. The Hall–Kier alpha value is -3.29. The molecule has 3 aromatic rings. The molecule has 0 saturated heterocycles. The number of halogens is 1. The van der Waals surface area contributed by atoms with Crippen molar-refractivity contribution in [1.82, 2.24) is 9.78 Å². The quantitative estimate of drug-likeness (QED) is 0.551. The summed E-state index contributed by atoms with van der Waals surface area (Å²) >= 11 is 0. The minimum absolute atomic E-state index is 0.121. The van der Waals surface area contributed by atoms with E-state index in [2.05, 4.69) is 12.1 Å². The predicted molar refractivity (Wildman–Crippen MR) is 120 cm³/mol. The van der Waals surface area contributed by atoms with Gasteiger partial charge in [0.15, 0.2) is 0 Å². The van der Waals surface area contributed by atoms with Gasteiger partial charge < -0.3 is 20.1 Å². The Morgan fingerprint density at radius 2 is 1.91 bits per heavy atom. The average Bonchev–Trinajstić information content (AvgIpc) is 3.17.